The van der Waals surface area contributed by atoms with Gasteiger partial charge in [0.2, 0.25) is 0 Å². The van der Waals surface area contributed by atoms with Gasteiger partial charge in [0.15, 0.2) is 17.7 Å². The van der Waals surface area contributed by atoms with Crippen LogP contribution in [0.4, 0.5) is 32.0 Å². The minimum absolute atomic E-state index is 0.111. The van der Waals surface area contributed by atoms with Crippen molar-refractivity contribution in [1.82, 2.24) is 4.98 Å². The fraction of sp³-hybridized carbons (Fsp3) is 0.333. The van der Waals surface area contributed by atoms with Gasteiger partial charge in [-0.1, -0.05) is 5.92 Å². The highest BCUT2D eigenvalue weighted by Gasteiger charge is 2.40. The fourth-order valence-electron chi connectivity index (χ4n) is 2.64. The largest absolute Gasteiger partial charge is 0.479 e. The van der Waals surface area contributed by atoms with Gasteiger partial charge >= 0.3 is 6.18 Å². The summed E-state index contributed by atoms with van der Waals surface area (Å²) in [4.78, 5) is 16.2. The highest BCUT2D eigenvalue weighted by atomic mass is 19.4. The number of nitrogens with zero attached hydrogens (tertiary/aromatic N) is 1. The van der Waals surface area contributed by atoms with Crippen LogP contribution < -0.4 is 10.1 Å². The van der Waals surface area contributed by atoms with Crippen LogP contribution in [0.25, 0.3) is 0 Å². The zero-order valence-corrected chi connectivity index (χ0v) is 16.6. The monoisotopic (exact) mass is 460 g/mol. The second-order valence-corrected chi connectivity index (χ2v) is 6.55. The Balaban J connectivity index is 2.20. The minimum atomic E-state index is -5.06. The van der Waals surface area contributed by atoms with Crippen molar-refractivity contribution in [3.63, 3.8) is 0 Å². The van der Waals surface area contributed by atoms with Crippen molar-refractivity contribution >= 4 is 11.6 Å². The summed E-state index contributed by atoms with van der Waals surface area (Å²) in [6, 6.07) is 4.11. The Kier molecular flexibility index (Phi) is 8.48. The number of anilines is 1. The quantitative estimate of drug-likeness (QED) is 0.453. The van der Waals surface area contributed by atoms with Crippen LogP contribution in [0, 0.1) is 23.5 Å². The van der Waals surface area contributed by atoms with Gasteiger partial charge in [-0.2, -0.15) is 13.2 Å². The van der Waals surface area contributed by atoms with Gasteiger partial charge in [0.05, 0.1) is 12.9 Å². The first-order valence-corrected chi connectivity index (χ1v) is 9.16. The van der Waals surface area contributed by atoms with Crippen LogP contribution in [-0.2, 0) is 0 Å². The smallest absolute Gasteiger partial charge is 0.414 e. The Bertz CT molecular complexity index is 1000. The number of carbonyl (C=O) groups is 1. The number of halogens is 6. The second-order valence-electron chi connectivity index (χ2n) is 6.55. The van der Waals surface area contributed by atoms with E-state index >= 15 is 0 Å². The SMILES string of the molecule is CC#CCOc1ccc(C(=O)Nc2cc(F)c(F)c([C@H](CF)CC(O)C(F)(F)F)c2)nc1. The first-order chi connectivity index (χ1) is 15.1. The molecule has 1 aromatic heterocycles. The van der Waals surface area contributed by atoms with Crippen molar-refractivity contribution in [2.45, 2.75) is 31.5 Å². The lowest BCUT2D eigenvalue weighted by Crippen LogP contribution is -2.31. The molecule has 2 aromatic rings. The van der Waals surface area contributed by atoms with Crippen molar-refractivity contribution < 1.29 is 41.0 Å². The molecule has 0 fully saturated rings. The molecule has 0 aliphatic carbocycles. The molecule has 172 valence electrons. The number of hydrogen-bond donors (Lipinski definition) is 2. The van der Waals surface area contributed by atoms with E-state index in [1.165, 1.54) is 18.3 Å². The van der Waals surface area contributed by atoms with E-state index < -0.39 is 54.4 Å². The number of aromatic nitrogens is 1. The highest BCUT2D eigenvalue weighted by Crippen LogP contribution is 2.33. The molecule has 11 heteroatoms. The predicted molar refractivity (Wildman–Crippen MR) is 103 cm³/mol. The van der Waals surface area contributed by atoms with Gasteiger partial charge in [-0.15, -0.1) is 5.92 Å². The van der Waals surface area contributed by atoms with E-state index in [0.29, 0.717) is 11.8 Å². The highest BCUT2D eigenvalue weighted by molar-refractivity contribution is 6.02. The van der Waals surface area contributed by atoms with Crippen LogP contribution in [0.5, 0.6) is 5.75 Å². The maximum absolute atomic E-state index is 14.1. The van der Waals surface area contributed by atoms with Crippen LogP contribution in [0.1, 0.15) is 35.3 Å². The number of pyridine rings is 1. The van der Waals surface area contributed by atoms with Crippen molar-refractivity contribution in [3.05, 3.63) is 53.4 Å². The summed E-state index contributed by atoms with van der Waals surface area (Å²) in [5.41, 5.74) is -1.20. The van der Waals surface area contributed by atoms with Gasteiger partial charge in [-0.25, -0.2) is 13.8 Å². The lowest BCUT2D eigenvalue weighted by Gasteiger charge is -2.21. The maximum Gasteiger partial charge on any atom is 0.414 e. The number of rotatable bonds is 8. The molecule has 1 aromatic carbocycles. The average molecular weight is 460 g/mol. The van der Waals surface area contributed by atoms with E-state index in [9.17, 15) is 31.1 Å². The molecule has 0 saturated carbocycles. The van der Waals surface area contributed by atoms with Crippen molar-refractivity contribution in [2.24, 2.45) is 0 Å². The topological polar surface area (TPSA) is 71.5 Å². The van der Waals surface area contributed by atoms with Crippen molar-refractivity contribution in [3.8, 4) is 17.6 Å². The summed E-state index contributed by atoms with van der Waals surface area (Å²) < 4.78 is 84.4. The van der Waals surface area contributed by atoms with Gasteiger partial charge in [0, 0.05) is 17.7 Å². The summed E-state index contributed by atoms with van der Waals surface area (Å²) in [5, 5.41) is 11.4. The second kappa shape index (κ2) is 10.9. The molecule has 1 amide bonds. The molecule has 32 heavy (non-hydrogen) atoms. The van der Waals surface area contributed by atoms with E-state index in [1.807, 2.05) is 0 Å². The standard InChI is InChI=1S/C21H18F6N2O3/c1-2-3-6-32-14-4-5-17(28-11-14)20(31)29-13-8-15(19(24)16(23)9-13)12(10-22)7-18(30)21(25,26)27/h4-5,8-9,11-12,18,30H,6-7,10H2,1H3,(H,29,31)/t12-,18?/m0/s1. The number of hydrogen-bond acceptors (Lipinski definition) is 4. The molecule has 5 nitrogen and oxygen atoms in total. The molecule has 0 saturated heterocycles. The molecule has 0 spiro atoms. The predicted octanol–water partition coefficient (Wildman–Crippen LogP) is 4.38. The van der Waals surface area contributed by atoms with Crippen molar-refractivity contribution in [1.29, 1.82) is 0 Å². The van der Waals surface area contributed by atoms with Gasteiger partial charge in [-0.05, 0) is 37.1 Å². The molecule has 0 aliphatic rings. The van der Waals surface area contributed by atoms with E-state index in [1.54, 1.807) is 6.92 Å². The van der Waals surface area contributed by atoms with E-state index in [4.69, 9.17) is 9.84 Å². The molecule has 2 atom stereocenters. The normalized spacial score (nSPS) is 13.0. The van der Waals surface area contributed by atoms with Crippen LogP contribution in [0.3, 0.4) is 0 Å². The summed E-state index contributed by atoms with van der Waals surface area (Å²) >= 11 is 0. The molecule has 1 unspecified atom stereocenters. The third-order valence-corrected chi connectivity index (χ3v) is 4.28. The van der Waals surface area contributed by atoms with Gasteiger partial charge < -0.3 is 15.2 Å². The Hall–Kier alpha value is -3.26. The molecule has 0 aliphatic heterocycles. The van der Waals surface area contributed by atoms with Crippen molar-refractivity contribution in [2.75, 3.05) is 18.6 Å². The average Bonchev–Trinajstić information content (AvgIpc) is 2.74. The molecular weight excluding hydrogens is 442 g/mol. The Morgan fingerprint density at radius 2 is 2.00 bits per heavy atom. The number of alkyl halides is 4. The van der Waals surface area contributed by atoms with Gasteiger partial charge in [0.1, 0.15) is 18.1 Å². The van der Waals surface area contributed by atoms with Gasteiger partial charge in [-0.3, -0.25) is 9.18 Å². The lowest BCUT2D eigenvalue weighted by atomic mass is 9.93. The molecule has 0 bridgehead atoms. The Morgan fingerprint density at radius 1 is 1.28 bits per heavy atom. The van der Waals surface area contributed by atoms with Gasteiger partial charge in [0.25, 0.3) is 5.91 Å². The lowest BCUT2D eigenvalue weighted by molar-refractivity contribution is -0.206. The number of aliphatic hydroxyl groups is 1. The molecule has 0 radical (unpaired) electrons. The van der Waals surface area contributed by atoms with Crippen LogP contribution in [0.2, 0.25) is 0 Å². The summed E-state index contributed by atoms with van der Waals surface area (Å²) in [5.74, 6) is -0.0935. The first kappa shape index (κ1) is 25.0. The zero-order chi connectivity index (χ0) is 23.9. The van der Waals surface area contributed by atoms with E-state index in [0.717, 1.165) is 6.07 Å². The molecular formula is C21H18F6N2O3. The van der Waals surface area contributed by atoms with E-state index in [2.05, 4.69) is 22.1 Å². The maximum atomic E-state index is 14.1. The molecule has 2 rings (SSSR count). The first-order valence-electron chi connectivity index (χ1n) is 9.16. The summed E-state index contributed by atoms with van der Waals surface area (Å²) in [6.07, 6.45) is -7.98. The van der Waals surface area contributed by atoms with E-state index in [-0.39, 0.29) is 18.0 Å². The van der Waals surface area contributed by atoms with Crippen LogP contribution in [-0.4, -0.2) is 41.6 Å². The molecule has 1 heterocycles. The van der Waals surface area contributed by atoms with Crippen LogP contribution >= 0.6 is 0 Å². The number of nitrogens with one attached hydrogen (secondary N) is 1. The molecule has 2 N–H and O–H groups in total. The zero-order valence-electron chi connectivity index (χ0n) is 16.6. The summed E-state index contributed by atoms with van der Waals surface area (Å²) in [7, 11) is 0. The third-order valence-electron chi connectivity index (χ3n) is 4.28. The Labute approximate surface area is 179 Å². The number of carbonyl (C=O) groups excluding carboxylic acids is 1. The number of ether oxygens (including phenoxy) is 1. The number of benzene rings is 1. The third kappa shape index (κ3) is 6.62. The minimum Gasteiger partial charge on any atom is -0.479 e. The summed E-state index contributed by atoms with van der Waals surface area (Å²) in [6.45, 7) is 0.249. The van der Waals surface area contributed by atoms with Crippen LogP contribution in [0.15, 0.2) is 30.5 Å². The number of aliphatic hydroxyl groups excluding tert-OH is 1. The Morgan fingerprint density at radius 3 is 2.56 bits per heavy atom. The fourth-order valence-corrected chi connectivity index (χ4v) is 2.64. The number of amides is 1.